The van der Waals surface area contributed by atoms with Crippen molar-refractivity contribution in [3.8, 4) is 0 Å². The van der Waals surface area contributed by atoms with Gasteiger partial charge in [0.2, 0.25) is 11.8 Å². The van der Waals surface area contributed by atoms with Crippen LogP contribution in [0.1, 0.15) is 62.0 Å². The molecule has 6 heteroatoms. The first-order chi connectivity index (χ1) is 12.9. The van der Waals surface area contributed by atoms with Gasteiger partial charge in [-0.3, -0.25) is 9.59 Å². The molecule has 1 atom stereocenters. The number of amides is 2. The number of nitrogens with zero attached hydrogens (tertiary/aromatic N) is 1. The summed E-state index contributed by atoms with van der Waals surface area (Å²) in [6.07, 6.45) is 5.02. The zero-order chi connectivity index (χ0) is 19.4. The molecule has 2 aromatic rings. The van der Waals surface area contributed by atoms with Gasteiger partial charge in [-0.2, -0.15) is 0 Å². The number of fused-ring (bicyclic) bond motifs is 1. The molecule has 1 aromatic carbocycles. The third kappa shape index (κ3) is 5.16. The van der Waals surface area contributed by atoms with Gasteiger partial charge in [0, 0.05) is 11.3 Å². The van der Waals surface area contributed by atoms with Crippen molar-refractivity contribution < 1.29 is 9.59 Å². The molecular formula is C21H27N3O2S. The summed E-state index contributed by atoms with van der Waals surface area (Å²) in [5.74, 6) is -0.230. The monoisotopic (exact) mass is 385 g/mol. The highest BCUT2D eigenvalue weighted by Gasteiger charge is 2.16. The smallest absolute Gasteiger partial charge is 0.228 e. The Hall–Kier alpha value is -2.21. The predicted octanol–water partition coefficient (Wildman–Crippen LogP) is 4.04. The maximum absolute atomic E-state index is 12.4. The summed E-state index contributed by atoms with van der Waals surface area (Å²) in [5.41, 5.74) is 4.69. The molecule has 0 saturated carbocycles. The topological polar surface area (TPSA) is 71.1 Å². The standard InChI is InChI=1S/C21H27N3O2S/c1-13(2)20(26)24-21-23-18(12-27-21)11-19(25)22-14(3)16-9-8-15-6-4-5-7-17(15)10-16/h8-10,12-14H,4-7,11H2,1-3H3,(H,22,25)(H,23,24,26). The van der Waals surface area contributed by atoms with Crippen LogP contribution >= 0.6 is 11.3 Å². The molecule has 0 spiro atoms. The van der Waals surface area contributed by atoms with Gasteiger partial charge in [-0.25, -0.2) is 4.98 Å². The number of hydrogen-bond donors (Lipinski definition) is 2. The van der Waals surface area contributed by atoms with Crippen molar-refractivity contribution >= 4 is 28.3 Å². The van der Waals surface area contributed by atoms with Crippen LogP contribution in [0, 0.1) is 5.92 Å². The number of aryl methyl sites for hydroxylation is 2. The van der Waals surface area contributed by atoms with Crippen LogP contribution in [0.4, 0.5) is 5.13 Å². The molecule has 1 aliphatic rings. The van der Waals surface area contributed by atoms with E-state index in [2.05, 4.69) is 33.8 Å². The van der Waals surface area contributed by atoms with Crippen LogP contribution in [0.15, 0.2) is 23.6 Å². The lowest BCUT2D eigenvalue weighted by molar-refractivity contribution is -0.121. The highest BCUT2D eigenvalue weighted by molar-refractivity contribution is 7.13. The molecule has 0 aliphatic heterocycles. The zero-order valence-electron chi connectivity index (χ0n) is 16.2. The van der Waals surface area contributed by atoms with E-state index in [0.717, 1.165) is 18.4 Å². The summed E-state index contributed by atoms with van der Waals surface area (Å²) in [6.45, 7) is 5.68. The third-order valence-corrected chi connectivity index (χ3v) is 5.70. The zero-order valence-corrected chi connectivity index (χ0v) is 17.0. The lowest BCUT2D eigenvalue weighted by Crippen LogP contribution is -2.28. The second kappa shape index (κ2) is 8.65. The van der Waals surface area contributed by atoms with E-state index in [-0.39, 0.29) is 30.2 Å². The fraction of sp³-hybridized carbons (Fsp3) is 0.476. The number of aromatic nitrogens is 1. The van der Waals surface area contributed by atoms with Crippen molar-refractivity contribution in [2.24, 2.45) is 5.92 Å². The van der Waals surface area contributed by atoms with Gasteiger partial charge in [0.25, 0.3) is 0 Å². The minimum atomic E-state index is -0.0990. The quantitative estimate of drug-likeness (QED) is 0.788. The fourth-order valence-electron chi connectivity index (χ4n) is 3.26. The molecule has 0 fully saturated rings. The summed E-state index contributed by atoms with van der Waals surface area (Å²) in [7, 11) is 0. The maximum atomic E-state index is 12.4. The van der Waals surface area contributed by atoms with Crippen molar-refractivity contribution in [3.05, 3.63) is 46.0 Å². The van der Waals surface area contributed by atoms with Gasteiger partial charge in [0.05, 0.1) is 18.2 Å². The molecule has 2 amide bonds. The molecule has 1 aromatic heterocycles. The summed E-state index contributed by atoms with van der Waals surface area (Å²) < 4.78 is 0. The van der Waals surface area contributed by atoms with Crippen molar-refractivity contribution in [1.29, 1.82) is 0 Å². The first-order valence-electron chi connectivity index (χ1n) is 9.58. The van der Waals surface area contributed by atoms with Gasteiger partial charge in [0.1, 0.15) is 0 Å². The van der Waals surface area contributed by atoms with E-state index in [1.54, 1.807) is 0 Å². The molecule has 27 heavy (non-hydrogen) atoms. The predicted molar refractivity (Wildman–Crippen MR) is 109 cm³/mol. The molecule has 1 heterocycles. The number of carbonyl (C=O) groups is 2. The van der Waals surface area contributed by atoms with Crippen LogP contribution < -0.4 is 10.6 Å². The van der Waals surface area contributed by atoms with Gasteiger partial charge in [0.15, 0.2) is 5.13 Å². The summed E-state index contributed by atoms with van der Waals surface area (Å²) in [4.78, 5) is 28.5. The van der Waals surface area contributed by atoms with Crippen molar-refractivity contribution in [2.45, 2.75) is 58.9 Å². The molecule has 3 rings (SSSR count). The fourth-order valence-corrected chi connectivity index (χ4v) is 3.97. The minimum absolute atomic E-state index is 0.0384. The van der Waals surface area contributed by atoms with Crippen molar-refractivity contribution in [1.82, 2.24) is 10.3 Å². The highest BCUT2D eigenvalue weighted by atomic mass is 32.1. The summed E-state index contributed by atoms with van der Waals surface area (Å²) in [6, 6.07) is 6.53. The van der Waals surface area contributed by atoms with E-state index in [1.807, 2.05) is 26.2 Å². The Morgan fingerprint density at radius 3 is 2.63 bits per heavy atom. The van der Waals surface area contributed by atoms with Gasteiger partial charge in [-0.05, 0) is 49.3 Å². The number of anilines is 1. The molecule has 0 bridgehead atoms. The molecule has 2 N–H and O–H groups in total. The van der Waals surface area contributed by atoms with E-state index < -0.39 is 0 Å². The van der Waals surface area contributed by atoms with E-state index >= 15 is 0 Å². The first-order valence-corrected chi connectivity index (χ1v) is 10.5. The lowest BCUT2D eigenvalue weighted by Gasteiger charge is -2.20. The van der Waals surface area contributed by atoms with Gasteiger partial charge >= 0.3 is 0 Å². The number of hydrogen-bond acceptors (Lipinski definition) is 4. The average molecular weight is 386 g/mol. The molecule has 0 saturated heterocycles. The van der Waals surface area contributed by atoms with Crippen molar-refractivity contribution in [3.63, 3.8) is 0 Å². The number of carbonyl (C=O) groups excluding carboxylic acids is 2. The molecule has 0 radical (unpaired) electrons. The van der Waals surface area contributed by atoms with E-state index in [9.17, 15) is 9.59 Å². The Morgan fingerprint density at radius 2 is 1.89 bits per heavy atom. The van der Waals surface area contributed by atoms with Gasteiger partial charge in [-0.1, -0.05) is 32.0 Å². The minimum Gasteiger partial charge on any atom is -0.349 e. The number of nitrogens with one attached hydrogen (secondary N) is 2. The van der Waals surface area contributed by atoms with Crippen LogP contribution in [-0.4, -0.2) is 16.8 Å². The largest absolute Gasteiger partial charge is 0.349 e. The average Bonchev–Trinajstić information content (AvgIpc) is 3.07. The number of rotatable bonds is 6. The maximum Gasteiger partial charge on any atom is 0.228 e. The van der Waals surface area contributed by atoms with E-state index in [4.69, 9.17) is 0 Å². The van der Waals surface area contributed by atoms with E-state index in [1.165, 1.54) is 35.3 Å². The van der Waals surface area contributed by atoms with Crippen LogP contribution in [-0.2, 0) is 28.9 Å². The molecule has 1 aliphatic carbocycles. The Bertz CT molecular complexity index is 829. The second-order valence-electron chi connectivity index (χ2n) is 7.49. The number of benzene rings is 1. The molecule has 1 unspecified atom stereocenters. The molecule has 5 nitrogen and oxygen atoms in total. The van der Waals surface area contributed by atoms with Crippen LogP contribution in [0.3, 0.4) is 0 Å². The first kappa shape index (κ1) is 19.5. The second-order valence-corrected chi connectivity index (χ2v) is 8.35. The van der Waals surface area contributed by atoms with Crippen molar-refractivity contribution in [2.75, 3.05) is 5.32 Å². The summed E-state index contributed by atoms with van der Waals surface area (Å²) >= 11 is 1.34. The Kier molecular flexibility index (Phi) is 6.26. The summed E-state index contributed by atoms with van der Waals surface area (Å²) in [5, 5.41) is 8.18. The van der Waals surface area contributed by atoms with Crippen LogP contribution in [0.5, 0.6) is 0 Å². The van der Waals surface area contributed by atoms with E-state index in [0.29, 0.717) is 10.8 Å². The third-order valence-electron chi connectivity index (χ3n) is 4.90. The normalized spacial score (nSPS) is 14.5. The van der Waals surface area contributed by atoms with Gasteiger partial charge in [-0.15, -0.1) is 11.3 Å². The lowest BCUT2D eigenvalue weighted by atomic mass is 9.89. The SMILES string of the molecule is CC(C)C(=O)Nc1nc(CC(=O)NC(C)c2ccc3c(c2)CCCC3)cs1. The number of thiazole rings is 1. The van der Waals surface area contributed by atoms with Gasteiger partial charge < -0.3 is 10.6 Å². The Balaban J connectivity index is 1.56. The molecule has 144 valence electrons. The highest BCUT2D eigenvalue weighted by Crippen LogP contribution is 2.25. The Labute approximate surface area is 164 Å². The van der Waals surface area contributed by atoms with Crippen LogP contribution in [0.2, 0.25) is 0 Å². The molecular weight excluding hydrogens is 358 g/mol. The Morgan fingerprint density at radius 1 is 1.15 bits per heavy atom. The van der Waals surface area contributed by atoms with Crippen LogP contribution in [0.25, 0.3) is 0 Å².